The van der Waals surface area contributed by atoms with Crippen molar-refractivity contribution in [1.29, 1.82) is 0 Å². The van der Waals surface area contributed by atoms with Gasteiger partial charge in [0.1, 0.15) is 5.78 Å². The number of hydrogen-bond donors (Lipinski definition) is 0. The van der Waals surface area contributed by atoms with Crippen molar-refractivity contribution < 1.29 is 4.79 Å². The van der Waals surface area contributed by atoms with Crippen LogP contribution in [0.3, 0.4) is 0 Å². The molecule has 0 radical (unpaired) electrons. The van der Waals surface area contributed by atoms with Crippen LogP contribution in [0.2, 0.25) is 0 Å². The minimum Gasteiger partial charge on any atom is -0.300 e. The number of ketones is 1. The maximum atomic E-state index is 11.2. The van der Waals surface area contributed by atoms with E-state index in [1.165, 1.54) is 4.88 Å². The molecule has 0 spiro atoms. The van der Waals surface area contributed by atoms with E-state index in [9.17, 15) is 4.79 Å². The van der Waals surface area contributed by atoms with E-state index in [1.807, 2.05) is 6.07 Å². The van der Waals surface area contributed by atoms with Gasteiger partial charge in [0, 0.05) is 10.8 Å². The van der Waals surface area contributed by atoms with Crippen molar-refractivity contribution in [3.8, 4) is 0 Å². The second kappa shape index (κ2) is 4.91. The molecule has 0 amide bonds. The Morgan fingerprint density at radius 3 is 2.69 bits per heavy atom. The average Bonchev–Trinajstić information content (AvgIpc) is 2.46. The van der Waals surface area contributed by atoms with Crippen LogP contribution in [0.15, 0.2) is 15.9 Å². The molecule has 13 heavy (non-hydrogen) atoms. The Bertz CT molecular complexity index is 293. The van der Waals surface area contributed by atoms with Gasteiger partial charge in [-0.15, -0.1) is 11.3 Å². The first-order chi connectivity index (χ1) is 6.13. The number of Topliss-reactive ketones (excluding diaryl/α,β-unsaturated/α-hetero) is 1. The zero-order valence-electron chi connectivity index (χ0n) is 7.84. The highest BCUT2D eigenvalue weighted by atomic mass is 79.9. The van der Waals surface area contributed by atoms with Crippen LogP contribution in [0.1, 0.15) is 25.1 Å². The molecule has 1 heterocycles. The van der Waals surface area contributed by atoms with Crippen molar-refractivity contribution in [2.24, 2.45) is 5.92 Å². The van der Waals surface area contributed by atoms with Gasteiger partial charge in [-0.25, -0.2) is 0 Å². The Kier molecular flexibility index (Phi) is 4.13. The molecule has 0 saturated carbocycles. The van der Waals surface area contributed by atoms with Crippen molar-refractivity contribution in [2.45, 2.75) is 26.7 Å². The molecule has 3 heteroatoms. The first-order valence-corrected chi connectivity index (χ1v) is 5.99. The summed E-state index contributed by atoms with van der Waals surface area (Å²) in [5, 5.41) is 0. The summed E-state index contributed by atoms with van der Waals surface area (Å²) in [6.45, 7) is 3.74. The molecule has 1 nitrogen and oxygen atoms in total. The highest BCUT2D eigenvalue weighted by molar-refractivity contribution is 9.11. The summed E-state index contributed by atoms with van der Waals surface area (Å²) in [7, 11) is 0. The topological polar surface area (TPSA) is 17.1 Å². The summed E-state index contributed by atoms with van der Waals surface area (Å²) < 4.78 is 1.14. The molecular formula is C10H13BrOS. The molecule has 1 atom stereocenters. The smallest absolute Gasteiger partial charge is 0.133 e. The molecule has 1 aromatic heterocycles. The van der Waals surface area contributed by atoms with E-state index >= 15 is 0 Å². The van der Waals surface area contributed by atoms with Crippen LogP contribution in [0, 0.1) is 5.92 Å². The fourth-order valence-electron chi connectivity index (χ4n) is 1.28. The lowest BCUT2D eigenvalue weighted by atomic mass is 9.98. The van der Waals surface area contributed by atoms with Crippen molar-refractivity contribution in [2.75, 3.05) is 0 Å². The molecule has 1 unspecified atom stereocenters. The van der Waals surface area contributed by atoms with E-state index in [-0.39, 0.29) is 5.92 Å². The van der Waals surface area contributed by atoms with E-state index in [4.69, 9.17) is 0 Å². The number of halogens is 1. The highest BCUT2D eigenvalue weighted by Gasteiger charge is 2.13. The van der Waals surface area contributed by atoms with Gasteiger partial charge in [-0.3, -0.25) is 4.79 Å². The zero-order chi connectivity index (χ0) is 9.84. The largest absolute Gasteiger partial charge is 0.300 e. The lowest BCUT2D eigenvalue weighted by Crippen LogP contribution is -2.11. The van der Waals surface area contributed by atoms with E-state index in [1.54, 1.807) is 18.3 Å². The standard InChI is InChI=1S/C10H13BrOS/c1-3-8(7(2)12)6-9-4-5-10(11)13-9/h4-5,8H,3,6H2,1-2H3. The number of carbonyl (C=O) groups is 1. The molecule has 0 aliphatic heterocycles. The number of thiophene rings is 1. The normalized spacial score (nSPS) is 12.8. The van der Waals surface area contributed by atoms with E-state index < -0.39 is 0 Å². The monoisotopic (exact) mass is 260 g/mol. The first-order valence-electron chi connectivity index (χ1n) is 4.38. The van der Waals surface area contributed by atoms with E-state index in [0.29, 0.717) is 5.78 Å². The number of carbonyl (C=O) groups excluding carboxylic acids is 1. The predicted molar refractivity (Wildman–Crippen MR) is 60.2 cm³/mol. The lowest BCUT2D eigenvalue weighted by molar-refractivity contribution is -0.120. The van der Waals surface area contributed by atoms with Gasteiger partial charge in [0.25, 0.3) is 0 Å². The Labute approximate surface area is 91.3 Å². The first kappa shape index (κ1) is 10.9. The third-order valence-corrected chi connectivity index (χ3v) is 3.79. The van der Waals surface area contributed by atoms with Gasteiger partial charge in [-0.05, 0) is 47.8 Å². The van der Waals surface area contributed by atoms with Crippen LogP contribution in [-0.2, 0) is 11.2 Å². The summed E-state index contributed by atoms with van der Waals surface area (Å²) in [6, 6.07) is 4.12. The minimum absolute atomic E-state index is 0.200. The third-order valence-electron chi connectivity index (χ3n) is 2.14. The summed E-state index contributed by atoms with van der Waals surface area (Å²) in [5.74, 6) is 0.498. The Morgan fingerprint density at radius 1 is 1.62 bits per heavy atom. The molecule has 1 rings (SSSR count). The third kappa shape index (κ3) is 3.24. The minimum atomic E-state index is 0.200. The van der Waals surface area contributed by atoms with Gasteiger partial charge < -0.3 is 0 Å². The van der Waals surface area contributed by atoms with Gasteiger partial charge in [-0.1, -0.05) is 6.92 Å². The molecule has 0 saturated heterocycles. The summed E-state index contributed by atoms with van der Waals surface area (Å²) in [4.78, 5) is 12.5. The van der Waals surface area contributed by atoms with Crippen molar-refractivity contribution >= 4 is 33.0 Å². The van der Waals surface area contributed by atoms with Crippen LogP contribution in [0.4, 0.5) is 0 Å². The van der Waals surface area contributed by atoms with E-state index in [2.05, 4.69) is 28.9 Å². The molecular weight excluding hydrogens is 248 g/mol. The summed E-state index contributed by atoms with van der Waals surface area (Å²) in [6.07, 6.45) is 1.83. The van der Waals surface area contributed by atoms with Crippen molar-refractivity contribution in [1.82, 2.24) is 0 Å². The fourth-order valence-corrected chi connectivity index (χ4v) is 2.84. The molecule has 0 fully saturated rings. The summed E-state index contributed by atoms with van der Waals surface area (Å²) >= 11 is 5.13. The maximum absolute atomic E-state index is 11.2. The fraction of sp³-hybridized carbons (Fsp3) is 0.500. The van der Waals surface area contributed by atoms with Crippen LogP contribution >= 0.6 is 27.3 Å². The van der Waals surface area contributed by atoms with Crippen LogP contribution in [-0.4, -0.2) is 5.78 Å². The van der Waals surface area contributed by atoms with Gasteiger partial charge in [0.15, 0.2) is 0 Å². The van der Waals surface area contributed by atoms with Crippen molar-refractivity contribution in [3.63, 3.8) is 0 Å². The number of rotatable bonds is 4. The Balaban J connectivity index is 2.61. The second-order valence-corrected chi connectivity index (χ2v) is 5.67. The van der Waals surface area contributed by atoms with Gasteiger partial charge in [0.05, 0.1) is 3.79 Å². The van der Waals surface area contributed by atoms with E-state index in [0.717, 1.165) is 16.6 Å². The van der Waals surface area contributed by atoms with Gasteiger partial charge >= 0.3 is 0 Å². The Hall–Kier alpha value is -0.150. The molecule has 0 N–H and O–H groups in total. The molecule has 72 valence electrons. The Morgan fingerprint density at radius 2 is 2.31 bits per heavy atom. The molecule has 1 aromatic rings. The quantitative estimate of drug-likeness (QED) is 0.808. The van der Waals surface area contributed by atoms with Crippen molar-refractivity contribution in [3.05, 3.63) is 20.8 Å². The highest BCUT2D eigenvalue weighted by Crippen LogP contribution is 2.25. The predicted octanol–water partition coefficient (Wildman–Crippen LogP) is 3.67. The average molecular weight is 261 g/mol. The molecule has 0 aromatic carbocycles. The SMILES string of the molecule is CCC(Cc1ccc(Br)s1)C(C)=O. The molecule has 0 aliphatic rings. The zero-order valence-corrected chi connectivity index (χ0v) is 10.2. The van der Waals surface area contributed by atoms with Crippen LogP contribution in [0.25, 0.3) is 0 Å². The van der Waals surface area contributed by atoms with Gasteiger partial charge in [-0.2, -0.15) is 0 Å². The second-order valence-electron chi connectivity index (χ2n) is 3.13. The lowest BCUT2D eigenvalue weighted by Gasteiger charge is -2.08. The van der Waals surface area contributed by atoms with Crippen LogP contribution < -0.4 is 0 Å². The number of hydrogen-bond acceptors (Lipinski definition) is 2. The molecule has 0 bridgehead atoms. The molecule has 0 aliphatic carbocycles. The van der Waals surface area contributed by atoms with Gasteiger partial charge in [0.2, 0.25) is 0 Å². The maximum Gasteiger partial charge on any atom is 0.133 e. The van der Waals surface area contributed by atoms with Crippen LogP contribution in [0.5, 0.6) is 0 Å². The summed E-state index contributed by atoms with van der Waals surface area (Å²) in [5.41, 5.74) is 0.